The van der Waals surface area contributed by atoms with Crippen LogP contribution in [0.2, 0.25) is 0 Å². The Kier molecular flexibility index (Phi) is 6.72. The van der Waals surface area contributed by atoms with Crippen LogP contribution < -0.4 is 5.56 Å². The van der Waals surface area contributed by atoms with Crippen molar-refractivity contribution in [1.82, 2.24) is 9.55 Å². The molecular formula is C26H36N2OS. The second kappa shape index (κ2) is 9.30. The Hall–Kier alpha value is -1.55. The Labute approximate surface area is 185 Å². The highest BCUT2D eigenvalue weighted by atomic mass is 32.2. The van der Waals surface area contributed by atoms with Crippen LogP contribution in [-0.4, -0.2) is 15.3 Å². The molecule has 2 aromatic rings. The zero-order chi connectivity index (χ0) is 21.1. The third-order valence-electron chi connectivity index (χ3n) is 6.94. The smallest absolute Gasteiger partial charge is 0.258 e. The van der Waals surface area contributed by atoms with Crippen molar-refractivity contribution >= 4 is 11.8 Å². The van der Waals surface area contributed by atoms with E-state index in [4.69, 9.17) is 4.98 Å². The Morgan fingerprint density at radius 1 is 1.17 bits per heavy atom. The van der Waals surface area contributed by atoms with Crippen LogP contribution in [-0.2, 0) is 18.4 Å². The average molecular weight is 425 g/mol. The molecule has 2 aliphatic carbocycles. The fraction of sp³-hybridized carbons (Fsp3) is 0.615. The minimum absolute atomic E-state index is 0.0128. The number of unbranched alkanes of at least 4 members (excludes halogenated alkanes) is 1. The summed E-state index contributed by atoms with van der Waals surface area (Å²) in [5.74, 6) is 1.68. The highest BCUT2D eigenvalue weighted by Gasteiger charge is 2.43. The van der Waals surface area contributed by atoms with Gasteiger partial charge in [-0.1, -0.05) is 82.5 Å². The Balaban J connectivity index is 1.88. The molecule has 0 N–H and O–H groups in total. The van der Waals surface area contributed by atoms with Crippen LogP contribution in [0.25, 0.3) is 11.3 Å². The summed E-state index contributed by atoms with van der Waals surface area (Å²) in [6.07, 6.45) is 10.3. The third-order valence-corrected chi connectivity index (χ3v) is 7.95. The molecule has 4 heteroatoms. The highest BCUT2D eigenvalue weighted by molar-refractivity contribution is 7.99. The minimum Gasteiger partial charge on any atom is -0.287 e. The first-order chi connectivity index (χ1) is 14.6. The number of aromatic nitrogens is 2. The van der Waals surface area contributed by atoms with Crippen LogP contribution in [0.15, 0.2) is 34.2 Å². The zero-order valence-corrected chi connectivity index (χ0v) is 19.7. The summed E-state index contributed by atoms with van der Waals surface area (Å²) >= 11 is 1.77. The summed E-state index contributed by atoms with van der Waals surface area (Å²) < 4.78 is 2.03. The molecule has 3 nitrogen and oxygen atoms in total. The van der Waals surface area contributed by atoms with Gasteiger partial charge in [0.05, 0.1) is 11.3 Å². The number of benzene rings is 1. The Morgan fingerprint density at radius 2 is 1.93 bits per heavy atom. The molecule has 1 saturated carbocycles. The van der Waals surface area contributed by atoms with Crippen molar-refractivity contribution in [3.05, 3.63) is 45.7 Å². The molecule has 0 atom stereocenters. The number of nitrogens with zero attached hydrogens (tertiary/aromatic N) is 2. The molecule has 1 aromatic carbocycles. The van der Waals surface area contributed by atoms with Gasteiger partial charge in [0.15, 0.2) is 5.16 Å². The molecule has 0 saturated heterocycles. The quantitative estimate of drug-likeness (QED) is 0.371. The maximum atomic E-state index is 14.0. The average Bonchev–Trinajstić information content (AvgIpc) is 2.73. The summed E-state index contributed by atoms with van der Waals surface area (Å²) in [5, 5.41) is 0.926. The monoisotopic (exact) mass is 424 g/mol. The number of rotatable bonds is 7. The second-order valence-electron chi connectivity index (χ2n) is 9.63. The molecule has 30 heavy (non-hydrogen) atoms. The first kappa shape index (κ1) is 21.7. The first-order valence-corrected chi connectivity index (χ1v) is 12.9. The topological polar surface area (TPSA) is 34.9 Å². The molecule has 0 radical (unpaired) electrons. The number of thioether (sulfide) groups is 1. The number of hydrogen-bond donors (Lipinski definition) is 0. The molecule has 1 heterocycles. The lowest BCUT2D eigenvalue weighted by Gasteiger charge is -2.42. The standard InChI is InChI=1S/C26H36N2OS/c1-4-5-16-28-24(29)22-23(27-25(28)30-17-13-19(2)3)21-12-8-7-11-20(21)18-26(22)14-9-6-10-15-26/h7-8,11-12,19H,4-6,9-10,13-18H2,1-3H3. The lowest BCUT2D eigenvalue weighted by atomic mass is 9.62. The molecule has 0 unspecified atom stereocenters. The van der Waals surface area contributed by atoms with E-state index >= 15 is 0 Å². The Bertz CT molecular complexity index is 941. The van der Waals surface area contributed by atoms with Crippen LogP contribution in [0.5, 0.6) is 0 Å². The number of hydrogen-bond acceptors (Lipinski definition) is 3. The maximum Gasteiger partial charge on any atom is 0.258 e. The summed E-state index contributed by atoms with van der Waals surface area (Å²) in [7, 11) is 0. The fourth-order valence-electron chi connectivity index (χ4n) is 5.23. The predicted molar refractivity (Wildman–Crippen MR) is 127 cm³/mol. The third kappa shape index (κ3) is 4.12. The highest BCUT2D eigenvalue weighted by Crippen LogP contribution is 2.48. The van der Waals surface area contributed by atoms with Crippen molar-refractivity contribution in [3.8, 4) is 11.3 Å². The van der Waals surface area contributed by atoms with Gasteiger partial charge < -0.3 is 0 Å². The van der Waals surface area contributed by atoms with Gasteiger partial charge >= 0.3 is 0 Å². The molecule has 1 fully saturated rings. The van der Waals surface area contributed by atoms with Gasteiger partial charge in [-0.2, -0.15) is 0 Å². The van der Waals surface area contributed by atoms with Gasteiger partial charge in [0.1, 0.15) is 0 Å². The van der Waals surface area contributed by atoms with E-state index in [9.17, 15) is 4.79 Å². The SMILES string of the molecule is CCCCn1c(SCCC(C)C)nc2c(c1=O)C1(CCCCC1)Cc1ccccc1-2. The van der Waals surface area contributed by atoms with Crippen molar-refractivity contribution in [2.45, 2.75) is 95.7 Å². The van der Waals surface area contributed by atoms with Gasteiger partial charge in [0.2, 0.25) is 0 Å². The zero-order valence-electron chi connectivity index (χ0n) is 18.9. The van der Waals surface area contributed by atoms with Gasteiger partial charge in [0, 0.05) is 23.3 Å². The molecular weight excluding hydrogens is 388 g/mol. The van der Waals surface area contributed by atoms with E-state index in [2.05, 4.69) is 45.0 Å². The van der Waals surface area contributed by atoms with Gasteiger partial charge in [-0.15, -0.1) is 0 Å². The van der Waals surface area contributed by atoms with E-state index in [0.29, 0.717) is 5.92 Å². The molecule has 0 bridgehead atoms. The fourth-order valence-corrected chi connectivity index (χ4v) is 6.49. The lowest BCUT2D eigenvalue weighted by molar-refractivity contribution is 0.281. The van der Waals surface area contributed by atoms with E-state index in [1.165, 1.54) is 30.4 Å². The van der Waals surface area contributed by atoms with Crippen molar-refractivity contribution < 1.29 is 0 Å². The maximum absolute atomic E-state index is 14.0. The molecule has 0 aliphatic heterocycles. The van der Waals surface area contributed by atoms with Crippen LogP contribution >= 0.6 is 11.8 Å². The molecule has 162 valence electrons. The molecule has 4 rings (SSSR count). The van der Waals surface area contributed by atoms with E-state index in [1.807, 2.05) is 4.57 Å². The van der Waals surface area contributed by atoms with Crippen LogP contribution in [0.4, 0.5) is 0 Å². The molecule has 2 aliphatic rings. The molecule has 0 amide bonds. The Morgan fingerprint density at radius 3 is 2.67 bits per heavy atom. The van der Waals surface area contributed by atoms with Crippen LogP contribution in [0.3, 0.4) is 0 Å². The van der Waals surface area contributed by atoms with E-state index in [1.54, 1.807) is 11.8 Å². The van der Waals surface area contributed by atoms with Gasteiger partial charge in [-0.25, -0.2) is 4.98 Å². The first-order valence-electron chi connectivity index (χ1n) is 11.9. The van der Waals surface area contributed by atoms with Gasteiger partial charge in [-0.3, -0.25) is 9.36 Å². The summed E-state index contributed by atoms with van der Waals surface area (Å²) in [4.78, 5) is 19.3. The van der Waals surface area contributed by atoms with Crippen molar-refractivity contribution in [1.29, 1.82) is 0 Å². The minimum atomic E-state index is -0.0128. The van der Waals surface area contributed by atoms with Crippen molar-refractivity contribution in [2.24, 2.45) is 5.92 Å². The van der Waals surface area contributed by atoms with Crippen molar-refractivity contribution in [3.63, 3.8) is 0 Å². The second-order valence-corrected chi connectivity index (χ2v) is 10.7. The van der Waals surface area contributed by atoms with Crippen LogP contribution in [0.1, 0.15) is 83.3 Å². The summed E-state index contributed by atoms with van der Waals surface area (Å²) in [6, 6.07) is 8.66. The van der Waals surface area contributed by atoms with Crippen molar-refractivity contribution in [2.75, 3.05) is 5.75 Å². The van der Waals surface area contributed by atoms with E-state index in [-0.39, 0.29) is 11.0 Å². The van der Waals surface area contributed by atoms with E-state index < -0.39 is 0 Å². The largest absolute Gasteiger partial charge is 0.287 e. The van der Waals surface area contributed by atoms with Gasteiger partial charge in [-0.05, 0) is 43.6 Å². The predicted octanol–water partition coefficient (Wildman–Crippen LogP) is 6.61. The summed E-state index contributed by atoms with van der Waals surface area (Å²) in [6.45, 7) is 7.50. The normalized spacial score (nSPS) is 17.2. The van der Waals surface area contributed by atoms with Crippen LogP contribution in [0, 0.1) is 5.92 Å². The summed E-state index contributed by atoms with van der Waals surface area (Å²) in [5.41, 5.74) is 4.82. The number of fused-ring (bicyclic) bond motifs is 4. The molecule has 1 spiro atoms. The van der Waals surface area contributed by atoms with Gasteiger partial charge in [0.25, 0.3) is 5.56 Å². The van der Waals surface area contributed by atoms with E-state index in [0.717, 1.165) is 67.2 Å². The molecule has 1 aromatic heterocycles. The lowest BCUT2D eigenvalue weighted by Crippen LogP contribution is -2.43.